The number of likely N-dealkylation sites (tertiary alicyclic amines) is 1. The minimum atomic E-state index is 0.291. The molecule has 2 aliphatic rings. The first-order valence-corrected chi connectivity index (χ1v) is 7.22. The van der Waals surface area contributed by atoms with Gasteiger partial charge >= 0.3 is 0 Å². The van der Waals surface area contributed by atoms with Crippen LogP contribution in [-0.2, 0) is 0 Å². The third-order valence-corrected chi connectivity index (χ3v) is 4.63. The molecule has 1 heterocycles. The monoisotopic (exact) mass is 244 g/mol. The van der Waals surface area contributed by atoms with Crippen LogP contribution in [0, 0.1) is 11.8 Å². The van der Waals surface area contributed by atoms with E-state index in [1.165, 1.54) is 45.2 Å². The second-order valence-corrected chi connectivity index (χ2v) is 6.44. The Hall–Kier alpha value is 0.210. The molecule has 1 aliphatic heterocycles. The van der Waals surface area contributed by atoms with E-state index in [1.54, 1.807) is 0 Å². The first-order chi connectivity index (χ1) is 7.65. The lowest BCUT2D eigenvalue weighted by Crippen LogP contribution is -2.49. The van der Waals surface area contributed by atoms with E-state index in [1.807, 2.05) is 0 Å². The van der Waals surface area contributed by atoms with Crippen molar-refractivity contribution in [3.05, 3.63) is 0 Å². The minimum absolute atomic E-state index is 0.291. The molecule has 1 saturated carbocycles. The van der Waals surface area contributed by atoms with Crippen LogP contribution in [0.15, 0.2) is 0 Å². The SMILES string of the molecule is CC1CCN(CC2CCCC(Cl)C2)C(N)C1. The third-order valence-electron chi connectivity index (χ3n) is 4.23. The Morgan fingerprint density at radius 2 is 2.06 bits per heavy atom. The Balaban J connectivity index is 1.80. The van der Waals surface area contributed by atoms with Gasteiger partial charge in [-0.1, -0.05) is 13.3 Å². The first-order valence-electron chi connectivity index (χ1n) is 6.79. The molecule has 2 N–H and O–H groups in total. The van der Waals surface area contributed by atoms with E-state index in [0.717, 1.165) is 18.3 Å². The highest BCUT2D eigenvalue weighted by molar-refractivity contribution is 6.20. The first kappa shape index (κ1) is 12.7. The summed E-state index contributed by atoms with van der Waals surface area (Å²) in [6.07, 6.45) is 7.82. The van der Waals surface area contributed by atoms with Gasteiger partial charge in [-0.2, -0.15) is 0 Å². The lowest BCUT2D eigenvalue weighted by Gasteiger charge is -2.39. The van der Waals surface area contributed by atoms with Crippen LogP contribution in [0.25, 0.3) is 0 Å². The number of hydrogen-bond donors (Lipinski definition) is 1. The van der Waals surface area contributed by atoms with Crippen molar-refractivity contribution in [2.45, 2.75) is 57.0 Å². The van der Waals surface area contributed by atoms with E-state index in [-0.39, 0.29) is 0 Å². The van der Waals surface area contributed by atoms with E-state index in [4.69, 9.17) is 17.3 Å². The Labute approximate surface area is 105 Å². The summed E-state index contributed by atoms with van der Waals surface area (Å²) >= 11 is 6.24. The minimum Gasteiger partial charge on any atom is -0.316 e. The van der Waals surface area contributed by atoms with Crippen molar-refractivity contribution in [2.75, 3.05) is 13.1 Å². The molecule has 0 amide bonds. The van der Waals surface area contributed by atoms with Crippen molar-refractivity contribution in [1.29, 1.82) is 0 Å². The molecule has 4 unspecified atom stereocenters. The number of halogens is 1. The maximum absolute atomic E-state index is 6.24. The summed E-state index contributed by atoms with van der Waals surface area (Å²) in [6, 6.07) is 0. The Morgan fingerprint density at radius 3 is 2.75 bits per heavy atom. The van der Waals surface area contributed by atoms with Crippen LogP contribution in [0.1, 0.15) is 45.4 Å². The van der Waals surface area contributed by atoms with Crippen molar-refractivity contribution in [3.8, 4) is 0 Å². The maximum atomic E-state index is 6.24. The highest BCUT2D eigenvalue weighted by Crippen LogP contribution is 2.30. The number of alkyl halides is 1. The molecule has 1 aliphatic carbocycles. The van der Waals surface area contributed by atoms with Crippen LogP contribution in [0.5, 0.6) is 0 Å². The Kier molecular flexibility index (Phi) is 4.51. The molecule has 0 aromatic rings. The van der Waals surface area contributed by atoms with Gasteiger partial charge in [-0.3, -0.25) is 4.90 Å². The van der Waals surface area contributed by atoms with Crippen molar-refractivity contribution in [3.63, 3.8) is 0 Å². The van der Waals surface area contributed by atoms with Crippen molar-refractivity contribution in [1.82, 2.24) is 4.90 Å². The molecule has 16 heavy (non-hydrogen) atoms. The van der Waals surface area contributed by atoms with Crippen molar-refractivity contribution in [2.24, 2.45) is 17.6 Å². The number of hydrogen-bond acceptors (Lipinski definition) is 2. The summed E-state index contributed by atoms with van der Waals surface area (Å²) in [5.41, 5.74) is 6.21. The van der Waals surface area contributed by atoms with Crippen LogP contribution in [-0.4, -0.2) is 29.5 Å². The summed E-state index contributed by atoms with van der Waals surface area (Å²) in [4.78, 5) is 2.49. The summed E-state index contributed by atoms with van der Waals surface area (Å²) in [7, 11) is 0. The zero-order valence-electron chi connectivity index (χ0n) is 10.4. The van der Waals surface area contributed by atoms with Crippen molar-refractivity contribution >= 4 is 11.6 Å². The van der Waals surface area contributed by atoms with Gasteiger partial charge in [0.05, 0.1) is 6.17 Å². The average Bonchev–Trinajstić information content (AvgIpc) is 2.22. The molecule has 0 bridgehead atoms. The van der Waals surface area contributed by atoms with Crippen LogP contribution in [0.2, 0.25) is 0 Å². The summed E-state index contributed by atoms with van der Waals surface area (Å²) < 4.78 is 0. The summed E-state index contributed by atoms with van der Waals surface area (Å²) in [5.74, 6) is 1.59. The van der Waals surface area contributed by atoms with Crippen LogP contribution in [0.3, 0.4) is 0 Å². The van der Waals surface area contributed by atoms with E-state index in [9.17, 15) is 0 Å². The number of rotatable bonds is 2. The predicted octanol–water partition coefficient (Wildman–Crippen LogP) is 2.80. The number of nitrogens with two attached hydrogens (primary N) is 1. The van der Waals surface area contributed by atoms with Gasteiger partial charge in [-0.05, 0) is 50.5 Å². The number of nitrogens with zero attached hydrogens (tertiary/aromatic N) is 1. The van der Waals surface area contributed by atoms with Crippen LogP contribution < -0.4 is 5.73 Å². The third kappa shape index (κ3) is 3.35. The largest absolute Gasteiger partial charge is 0.316 e. The van der Waals surface area contributed by atoms with Gasteiger partial charge in [0.15, 0.2) is 0 Å². The molecule has 4 atom stereocenters. The van der Waals surface area contributed by atoms with Crippen molar-refractivity contribution < 1.29 is 0 Å². The molecular formula is C13H25ClN2. The molecule has 0 aromatic heterocycles. The van der Waals surface area contributed by atoms with Gasteiger partial charge < -0.3 is 5.73 Å². The van der Waals surface area contributed by atoms with Gasteiger partial charge in [-0.15, -0.1) is 11.6 Å². The smallest absolute Gasteiger partial charge is 0.0574 e. The standard InChI is InChI=1S/C13H25ClN2/c1-10-5-6-16(13(15)7-10)9-11-3-2-4-12(14)8-11/h10-13H,2-9,15H2,1H3. The normalized spacial score (nSPS) is 42.2. The van der Waals surface area contributed by atoms with E-state index < -0.39 is 0 Å². The van der Waals surface area contributed by atoms with E-state index >= 15 is 0 Å². The Bertz CT molecular complexity index is 222. The summed E-state index contributed by atoms with van der Waals surface area (Å²) in [6.45, 7) is 4.68. The second kappa shape index (κ2) is 5.70. The molecular weight excluding hydrogens is 220 g/mol. The second-order valence-electron chi connectivity index (χ2n) is 5.82. The lowest BCUT2D eigenvalue weighted by molar-refractivity contribution is 0.0937. The maximum Gasteiger partial charge on any atom is 0.0574 e. The van der Waals surface area contributed by atoms with E-state index in [0.29, 0.717) is 11.5 Å². The quantitative estimate of drug-likeness (QED) is 0.757. The highest BCUT2D eigenvalue weighted by atomic mass is 35.5. The molecule has 94 valence electrons. The molecule has 1 saturated heterocycles. The van der Waals surface area contributed by atoms with Gasteiger partial charge in [0.2, 0.25) is 0 Å². The Morgan fingerprint density at radius 1 is 1.25 bits per heavy atom. The molecule has 2 fully saturated rings. The molecule has 2 nitrogen and oxygen atoms in total. The zero-order chi connectivity index (χ0) is 11.5. The fourth-order valence-corrected chi connectivity index (χ4v) is 3.59. The van der Waals surface area contributed by atoms with Gasteiger partial charge in [0, 0.05) is 11.9 Å². The fourth-order valence-electron chi connectivity index (χ4n) is 3.18. The topological polar surface area (TPSA) is 29.3 Å². The molecule has 0 spiro atoms. The summed E-state index contributed by atoms with van der Waals surface area (Å²) in [5, 5.41) is 0.415. The molecule has 3 heteroatoms. The number of piperidine rings is 1. The molecule has 0 aromatic carbocycles. The van der Waals surface area contributed by atoms with Gasteiger partial charge in [0.25, 0.3) is 0 Å². The lowest BCUT2D eigenvalue weighted by atomic mass is 9.87. The zero-order valence-corrected chi connectivity index (χ0v) is 11.1. The fraction of sp³-hybridized carbons (Fsp3) is 1.00. The van der Waals surface area contributed by atoms with Crippen LogP contribution >= 0.6 is 11.6 Å². The molecule has 0 radical (unpaired) electrons. The average molecular weight is 245 g/mol. The highest BCUT2D eigenvalue weighted by Gasteiger charge is 2.27. The van der Waals surface area contributed by atoms with Gasteiger partial charge in [-0.25, -0.2) is 0 Å². The molecule has 2 rings (SSSR count). The van der Waals surface area contributed by atoms with Gasteiger partial charge in [0.1, 0.15) is 0 Å². The predicted molar refractivity (Wildman–Crippen MR) is 69.5 cm³/mol. The van der Waals surface area contributed by atoms with E-state index in [2.05, 4.69) is 11.8 Å². The van der Waals surface area contributed by atoms with Crippen LogP contribution in [0.4, 0.5) is 0 Å².